The SMILES string of the molecule is CC(C)(C)OC(=O)N1CCN(C(=O)C(=O)c2c[nH]c3c([N+](=O)[O-])cccc23)CC1.O=C(C(=O)N1CCN(C(=O)c2ccccc2)CC1)c1c[nH]c2c([N+](=O)[O-])cccc12.S=S.S=S=S. The van der Waals surface area contributed by atoms with Gasteiger partial charge in [-0.2, -0.15) is 0 Å². The molecule has 2 aliphatic heterocycles. The Morgan fingerprint density at radius 2 is 0.984 bits per heavy atom. The molecule has 0 unspecified atom stereocenters. The van der Waals surface area contributed by atoms with Crippen LogP contribution in [-0.4, -0.2) is 133 Å². The zero-order valence-corrected chi connectivity index (χ0v) is 38.5. The van der Waals surface area contributed by atoms with E-state index in [1.807, 2.05) is 6.07 Å². The topological polar surface area (TPSA) is 242 Å². The Morgan fingerprint density at radius 1 is 0.609 bits per heavy atom. The van der Waals surface area contributed by atoms with Gasteiger partial charge < -0.3 is 34.3 Å². The number of H-pyrrole nitrogens is 2. The lowest BCUT2D eigenvalue weighted by molar-refractivity contribution is -0.383. The number of para-hydroxylation sites is 2. The lowest BCUT2D eigenvalue weighted by atomic mass is 10.1. The normalized spacial score (nSPS) is 13.5. The monoisotopic (exact) mass is 968 g/mol. The molecule has 0 radical (unpaired) electrons. The second-order valence-corrected chi connectivity index (χ2v) is 16.5. The molecule has 2 saturated heterocycles. The van der Waals surface area contributed by atoms with Gasteiger partial charge in [0, 0.05) is 147 Å². The zero-order chi connectivity index (χ0) is 47.3. The molecule has 5 aromatic rings. The van der Waals surface area contributed by atoms with Crippen LogP contribution in [0.25, 0.3) is 21.8 Å². The molecule has 0 spiro atoms. The third-order valence-electron chi connectivity index (χ3n) is 9.75. The fourth-order valence-corrected chi connectivity index (χ4v) is 6.77. The lowest BCUT2D eigenvalue weighted by Gasteiger charge is -2.35. The van der Waals surface area contributed by atoms with Crippen LogP contribution in [0, 0.1) is 20.2 Å². The van der Waals surface area contributed by atoms with Crippen molar-refractivity contribution in [2.24, 2.45) is 0 Å². The number of aromatic amines is 2. The van der Waals surface area contributed by atoms with E-state index in [1.54, 1.807) is 62.1 Å². The van der Waals surface area contributed by atoms with E-state index in [2.05, 4.69) is 54.7 Å². The minimum Gasteiger partial charge on any atom is -0.444 e. The van der Waals surface area contributed by atoms with Gasteiger partial charge in [-0.25, -0.2) is 4.79 Å². The van der Waals surface area contributed by atoms with E-state index in [9.17, 15) is 49.0 Å². The van der Waals surface area contributed by atoms with E-state index in [1.165, 1.54) is 51.4 Å². The molecule has 0 saturated carbocycles. The first kappa shape index (κ1) is 50.3. The van der Waals surface area contributed by atoms with Gasteiger partial charge in [0.25, 0.3) is 40.7 Å². The van der Waals surface area contributed by atoms with Gasteiger partial charge in [-0.3, -0.25) is 44.2 Å². The fraction of sp³-hybridized carbons (Fsp3) is 0.300. The van der Waals surface area contributed by atoms with Crippen LogP contribution in [0.1, 0.15) is 51.8 Å². The first-order valence-electron chi connectivity index (χ1n) is 19.0. The van der Waals surface area contributed by atoms with Crippen molar-refractivity contribution in [1.82, 2.24) is 29.6 Å². The summed E-state index contributed by atoms with van der Waals surface area (Å²) >= 11 is 15.6. The molecular weight excluding hydrogens is 929 g/mol. The molecule has 0 aliphatic carbocycles. The van der Waals surface area contributed by atoms with E-state index in [4.69, 9.17) is 4.74 Å². The van der Waals surface area contributed by atoms with Crippen molar-refractivity contribution >= 4 is 122 Å². The van der Waals surface area contributed by atoms with Crippen molar-refractivity contribution in [3.05, 3.63) is 116 Å². The number of benzene rings is 3. The fourth-order valence-electron chi connectivity index (χ4n) is 6.77. The summed E-state index contributed by atoms with van der Waals surface area (Å²) in [6.07, 6.45) is 2.18. The van der Waals surface area contributed by atoms with Gasteiger partial charge in [-0.15, -0.1) is 0 Å². The van der Waals surface area contributed by atoms with Gasteiger partial charge in [-0.05, 0) is 32.9 Å². The third kappa shape index (κ3) is 12.2. The summed E-state index contributed by atoms with van der Waals surface area (Å²) in [6, 6.07) is 17.6. The van der Waals surface area contributed by atoms with E-state index in [0.29, 0.717) is 29.4 Å². The smallest absolute Gasteiger partial charge is 0.410 e. The maximum absolute atomic E-state index is 12.8. The number of ketones is 2. The largest absolute Gasteiger partial charge is 0.444 e. The van der Waals surface area contributed by atoms with Gasteiger partial charge in [0.1, 0.15) is 16.6 Å². The van der Waals surface area contributed by atoms with Crippen LogP contribution < -0.4 is 0 Å². The molecule has 19 nitrogen and oxygen atoms in total. The summed E-state index contributed by atoms with van der Waals surface area (Å²) < 4.78 is 5.32. The lowest BCUT2D eigenvalue weighted by Crippen LogP contribution is -2.53. The molecule has 2 N–H and O–H groups in total. The average molecular weight is 969 g/mol. The Kier molecular flexibility index (Phi) is 18.0. The van der Waals surface area contributed by atoms with E-state index < -0.39 is 44.9 Å². The Labute approximate surface area is 387 Å². The highest BCUT2D eigenvalue weighted by molar-refractivity contribution is 8.37. The number of fused-ring (bicyclic) bond motifs is 2. The molecule has 3 aromatic carbocycles. The van der Waals surface area contributed by atoms with Gasteiger partial charge >= 0.3 is 6.09 Å². The van der Waals surface area contributed by atoms with Crippen molar-refractivity contribution in [3.63, 3.8) is 0 Å². The van der Waals surface area contributed by atoms with E-state index >= 15 is 0 Å². The summed E-state index contributed by atoms with van der Waals surface area (Å²) in [5, 5.41) is 22.9. The Morgan fingerprint density at radius 3 is 1.36 bits per heavy atom. The quantitative estimate of drug-likeness (QED) is 0.0983. The number of nitro groups is 2. The number of nitrogens with one attached hydrogen (secondary N) is 2. The number of amides is 4. The van der Waals surface area contributed by atoms with E-state index in [-0.39, 0.29) is 78.7 Å². The first-order chi connectivity index (χ1) is 30.5. The number of aromatic nitrogens is 2. The second kappa shape index (κ2) is 22.8. The highest BCUT2D eigenvalue weighted by Gasteiger charge is 2.33. The summed E-state index contributed by atoms with van der Waals surface area (Å²) in [4.78, 5) is 108. The number of hydrogen-bond acceptors (Lipinski definition) is 15. The Bertz CT molecular complexity index is 2610. The Balaban J connectivity index is 0.000000255. The van der Waals surface area contributed by atoms with Crippen molar-refractivity contribution in [2.75, 3.05) is 52.4 Å². The highest BCUT2D eigenvalue weighted by atomic mass is 33.1. The number of non-ortho nitro benzene ring substituents is 2. The zero-order valence-electron chi connectivity index (χ0n) is 34.4. The van der Waals surface area contributed by atoms with Crippen LogP contribution >= 0.6 is 0 Å². The summed E-state index contributed by atoms with van der Waals surface area (Å²) in [6.45, 7) is 7.37. The standard InChI is InChI=1S/C21H18N4O5.C19H22N4O6.S3.S2/c26-19(16-13-22-18-15(16)7-4-8-17(18)25(29)30)21(28)24-11-9-23(10-12-24)20(27)14-5-2-1-3-6-14;1-19(2,3)29-18(26)22-9-7-21(8-10-22)17(25)16(24)13-11-20-15-12(13)5-4-6-14(15)23(27)28;1-3-2;1-2/h1-8,13,22H,9-12H2;4-6,11,20H,7-10H2,1-3H3;;. The van der Waals surface area contributed by atoms with Crippen molar-refractivity contribution < 1.29 is 43.4 Å². The maximum Gasteiger partial charge on any atom is 0.410 e. The van der Waals surface area contributed by atoms with E-state index in [0.717, 1.165) is 8.88 Å². The number of ether oxygens (including phenoxy) is 1. The molecule has 0 bridgehead atoms. The maximum atomic E-state index is 12.8. The second-order valence-electron chi connectivity index (χ2n) is 14.8. The number of nitrogens with zero attached hydrogens (tertiary/aromatic N) is 6. The van der Waals surface area contributed by atoms with Gasteiger partial charge in [-0.1, -0.05) is 42.5 Å². The third-order valence-corrected chi connectivity index (χ3v) is 9.75. The van der Waals surface area contributed by atoms with Gasteiger partial charge in [0.05, 0.1) is 21.0 Å². The predicted octanol–water partition coefficient (Wildman–Crippen LogP) is 4.57. The molecule has 24 heteroatoms. The molecule has 4 heterocycles. The van der Waals surface area contributed by atoms with Crippen LogP contribution in [0.4, 0.5) is 16.2 Å². The van der Waals surface area contributed by atoms with Crippen LogP contribution in [0.5, 0.6) is 0 Å². The van der Waals surface area contributed by atoms with Crippen LogP contribution in [0.15, 0.2) is 79.1 Å². The molecule has 336 valence electrons. The van der Waals surface area contributed by atoms with Gasteiger partial charge in [0.2, 0.25) is 0 Å². The number of carbonyl (C=O) groups is 6. The van der Waals surface area contributed by atoms with Crippen molar-refractivity contribution in [2.45, 2.75) is 26.4 Å². The van der Waals surface area contributed by atoms with Crippen molar-refractivity contribution in [3.8, 4) is 0 Å². The average Bonchev–Trinajstić information content (AvgIpc) is 3.94. The first-order valence-corrected chi connectivity index (χ1v) is 23.0. The minimum absolute atomic E-state index is 0.0864. The number of carbonyl (C=O) groups excluding carboxylic acids is 6. The summed E-state index contributed by atoms with van der Waals surface area (Å²) in [7, 11) is 0.917. The minimum atomic E-state index is -0.748. The Hall–Kier alpha value is -6.34. The number of Topliss-reactive ketones (excluding diaryl/α,β-unsaturated/α-hetero) is 2. The molecule has 0 atom stereocenters. The molecule has 64 heavy (non-hydrogen) atoms. The number of rotatable bonds is 7. The van der Waals surface area contributed by atoms with Crippen LogP contribution in [0.3, 0.4) is 0 Å². The molecule has 7 rings (SSSR count). The van der Waals surface area contributed by atoms with Crippen LogP contribution in [0.2, 0.25) is 0 Å². The number of nitro benzene ring substituents is 2. The molecule has 2 aromatic heterocycles. The predicted molar refractivity (Wildman–Crippen MR) is 249 cm³/mol. The van der Waals surface area contributed by atoms with Crippen molar-refractivity contribution in [1.29, 1.82) is 0 Å². The summed E-state index contributed by atoms with van der Waals surface area (Å²) in [5.41, 5.74) is 0.226. The van der Waals surface area contributed by atoms with Gasteiger partial charge in [0.15, 0.2) is 0 Å². The molecule has 4 amide bonds. The molecule has 2 aliphatic rings. The van der Waals surface area contributed by atoms with Crippen LogP contribution in [-0.2, 0) is 68.0 Å². The number of hydrogen-bond donors (Lipinski definition) is 2. The molecular formula is C40H40N8O11S5. The highest BCUT2D eigenvalue weighted by Crippen LogP contribution is 2.29. The summed E-state index contributed by atoms with van der Waals surface area (Å²) in [5.74, 6) is -2.99. The number of piperazine rings is 2. The molecule has 2 fully saturated rings.